The molecule has 14 heavy (non-hydrogen) atoms. The summed E-state index contributed by atoms with van der Waals surface area (Å²) in [5.74, 6) is 1.53. The minimum atomic E-state index is 0.376. The van der Waals surface area contributed by atoms with E-state index >= 15 is 0 Å². The number of aromatic nitrogens is 3. The van der Waals surface area contributed by atoms with Gasteiger partial charge in [-0.3, -0.25) is 0 Å². The molecule has 0 unspecified atom stereocenters. The van der Waals surface area contributed by atoms with Crippen LogP contribution in [0.2, 0.25) is 0 Å². The van der Waals surface area contributed by atoms with Crippen LogP contribution < -0.4 is 5.73 Å². The second kappa shape index (κ2) is 3.59. The van der Waals surface area contributed by atoms with Gasteiger partial charge in [-0.1, -0.05) is 30.3 Å². The van der Waals surface area contributed by atoms with Gasteiger partial charge < -0.3 is 5.73 Å². The van der Waals surface area contributed by atoms with Gasteiger partial charge in [0.05, 0.1) is 6.54 Å². The van der Waals surface area contributed by atoms with Gasteiger partial charge in [-0.15, -0.1) is 0 Å². The quantitative estimate of drug-likeness (QED) is 0.763. The van der Waals surface area contributed by atoms with E-state index in [2.05, 4.69) is 10.1 Å². The molecular formula is C10H12N4. The number of hydrogen-bond acceptors (Lipinski definition) is 3. The summed E-state index contributed by atoms with van der Waals surface area (Å²) in [4.78, 5) is 4.33. The lowest BCUT2D eigenvalue weighted by Gasteiger charge is -1.97. The van der Waals surface area contributed by atoms with Crippen LogP contribution in [0.4, 0.5) is 0 Å². The van der Waals surface area contributed by atoms with Crippen LogP contribution in [0.15, 0.2) is 30.3 Å². The molecular weight excluding hydrogens is 176 g/mol. The first-order chi connectivity index (χ1) is 6.81. The standard InChI is InChI=1S/C10H12N4/c1-14-10(12-9(7-11)13-14)8-5-3-2-4-6-8/h2-6H,7,11H2,1H3. The molecule has 2 N–H and O–H groups in total. The Hall–Kier alpha value is -1.68. The molecule has 0 saturated carbocycles. The molecule has 2 aromatic rings. The molecule has 2 rings (SSSR count). The summed E-state index contributed by atoms with van der Waals surface area (Å²) in [6, 6.07) is 9.94. The van der Waals surface area contributed by atoms with Crippen molar-refractivity contribution in [3.63, 3.8) is 0 Å². The molecule has 0 aliphatic carbocycles. The van der Waals surface area contributed by atoms with Gasteiger partial charge in [0.25, 0.3) is 0 Å². The Kier molecular flexibility index (Phi) is 2.28. The van der Waals surface area contributed by atoms with Crippen LogP contribution >= 0.6 is 0 Å². The molecule has 72 valence electrons. The molecule has 1 aromatic carbocycles. The van der Waals surface area contributed by atoms with Crippen molar-refractivity contribution in [3.05, 3.63) is 36.2 Å². The van der Waals surface area contributed by atoms with Crippen LogP contribution in [0.5, 0.6) is 0 Å². The molecule has 4 heteroatoms. The van der Waals surface area contributed by atoms with Gasteiger partial charge in [0.2, 0.25) is 0 Å². The third-order valence-corrected chi connectivity index (χ3v) is 2.02. The fourth-order valence-corrected chi connectivity index (χ4v) is 1.36. The largest absolute Gasteiger partial charge is 0.324 e. The van der Waals surface area contributed by atoms with Gasteiger partial charge >= 0.3 is 0 Å². The van der Waals surface area contributed by atoms with E-state index in [1.165, 1.54) is 0 Å². The van der Waals surface area contributed by atoms with Crippen molar-refractivity contribution in [2.45, 2.75) is 6.54 Å². The lowest BCUT2D eigenvalue weighted by atomic mass is 10.2. The Balaban J connectivity index is 2.46. The third-order valence-electron chi connectivity index (χ3n) is 2.02. The van der Waals surface area contributed by atoms with Gasteiger partial charge in [-0.25, -0.2) is 9.67 Å². The molecule has 1 heterocycles. The van der Waals surface area contributed by atoms with Crippen LogP contribution in [0, 0.1) is 0 Å². The normalized spacial score (nSPS) is 10.4. The summed E-state index contributed by atoms with van der Waals surface area (Å²) in [6.45, 7) is 0.376. The first-order valence-electron chi connectivity index (χ1n) is 4.46. The molecule has 0 radical (unpaired) electrons. The highest BCUT2D eigenvalue weighted by atomic mass is 15.3. The van der Waals surface area contributed by atoms with Gasteiger partial charge in [0, 0.05) is 12.6 Å². The summed E-state index contributed by atoms with van der Waals surface area (Å²) in [5.41, 5.74) is 6.53. The van der Waals surface area contributed by atoms with E-state index in [0.717, 1.165) is 11.4 Å². The van der Waals surface area contributed by atoms with E-state index in [1.54, 1.807) is 4.68 Å². The zero-order chi connectivity index (χ0) is 9.97. The lowest BCUT2D eigenvalue weighted by Crippen LogP contribution is -1.99. The Labute approximate surface area is 82.4 Å². The maximum atomic E-state index is 5.47. The molecule has 1 aromatic heterocycles. The minimum Gasteiger partial charge on any atom is -0.324 e. The van der Waals surface area contributed by atoms with Crippen molar-refractivity contribution in [1.29, 1.82) is 0 Å². The van der Waals surface area contributed by atoms with Gasteiger partial charge in [0.15, 0.2) is 11.6 Å². The second-order valence-electron chi connectivity index (χ2n) is 3.05. The monoisotopic (exact) mass is 188 g/mol. The highest BCUT2D eigenvalue weighted by molar-refractivity contribution is 5.54. The van der Waals surface area contributed by atoms with Crippen LogP contribution in [0.1, 0.15) is 5.82 Å². The molecule has 0 atom stereocenters. The predicted octanol–water partition coefficient (Wildman–Crippen LogP) is 0.941. The van der Waals surface area contributed by atoms with E-state index in [1.807, 2.05) is 37.4 Å². The first-order valence-corrected chi connectivity index (χ1v) is 4.46. The van der Waals surface area contributed by atoms with Crippen molar-refractivity contribution in [1.82, 2.24) is 14.8 Å². The molecule has 0 bridgehead atoms. The average molecular weight is 188 g/mol. The van der Waals surface area contributed by atoms with E-state index in [0.29, 0.717) is 12.4 Å². The van der Waals surface area contributed by atoms with Gasteiger partial charge in [-0.05, 0) is 0 Å². The lowest BCUT2D eigenvalue weighted by molar-refractivity contribution is 0.749. The zero-order valence-corrected chi connectivity index (χ0v) is 8.01. The Bertz CT molecular complexity index is 419. The number of aryl methyl sites for hydroxylation is 1. The van der Waals surface area contributed by atoms with Gasteiger partial charge in [-0.2, -0.15) is 5.10 Å². The molecule has 0 saturated heterocycles. The Morgan fingerprint density at radius 1 is 1.29 bits per heavy atom. The Morgan fingerprint density at radius 3 is 2.57 bits per heavy atom. The highest BCUT2D eigenvalue weighted by Gasteiger charge is 2.06. The molecule has 0 amide bonds. The van der Waals surface area contributed by atoms with E-state index in [-0.39, 0.29) is 0 Å². The van der Waals surface area contributed by atoms with Crippen LogP contribution in [-0.4, -0.2) is 14.8 Å². The fraction of sp³-hybridized carbons (Fsp3) is 0.200. The Morgan fingerprint density at radius 2 is 2.00 bits per heavy atom. The van der Waals surface area contributed by atoms with Crippen molar-refractivity contribution in [2.75, 3.05) is 0 Å². The SMILES string of the molecule is Cn1nc(CN)nc1-c1ccccc1. The predicted molar refractivity (Wildman–Crippen MR) is 54.3 cm³/mol. The van der Waals surface area contributed by atoms with Crippen molar-refractivity contribution in [2.24, 2.45) is 12.8 Å². The summed E-state index contributed by atoms with van der Waals surface area (Å²) >= 11 is 0. The van der Waals surface area contributed by atoms with Crippen LogP contribution in [0.3, 0.4) is 0 Å². The van der Waals surface area contributed by atoms with Crippen LogP contribution in [-0.2, 0) is 13.6 Å². The summed E-state index contributed by atoms with van der Waals surface area (Å²) in [7, 11) is 1.87. The number of benzene rings is 1. The van der Waals surface area contributed by atoms with Crippen molar-refractivity contribution >= 4 is 0 Å². The van der Waals surface area contributed by atoms with E-state index < -0.39 is 0 Å². The number of hydrogen-bond donors (Lipinski definition) is 1. The summed E-state index contributed by atoms with van der Waals surface area (Å²) in [6.07, 6.45) is 0. The smallest absolute Gasteiger partial charge is 0.164 e. The minimum absolute atomic E-state index is 0.376. The molecule has 0 fully saturated rings. The van der Waals surface area contributed by atoms with Crippen molar-refractivity contribution < 1.29 is 0 Å². The number of nitrogens with zero attached hydrogens (tertiary/aromatic N) is 3. The van der Waals surface area contributed by atoms with Crippen LogP contribution in [0.25, 0.3) is 11.4 Å². The molecule has 0 aliphatic rings. The number of nitrogens with two attached hydrogens (primary N) is 1. The molecule has 0 aliphatic heterocycles. The maximum absolute atomic E-state index is 5.47. The van der Waals surface area contributed by atoms with Crippen molar-refractivity contribution in [3.8, 4) is 11.4 Å². The first kappa shape index (κ1) is 8.90. The maximum Gasteiger partial charge on any atom is 0.164 e. The topological polar surface area (TPSA) is 56.7 Å². The fourth-order valence-electron chi connectivity index (χ4n) is 1.36. The molecule has 4 nitrogen and oxygen atoms in total. The second-order valence-corrected chi connectivity index (χ2v) is 3.05. The van der Waals surface area contributed by atoms with E-state index in [9.17, 15) is 0 Å². The third kappa shape index (κ3) is 1.52. The summed E-state index contributed by atoms with van der Waals surface area (Å²) < 4.78 is 1.75. The van der Waals surface area contributed by atoms with Gasteiger partial charge in [0.1, 0.15) is 0 Å². The average Bonchev–Trinajstić information content (AvgIpc) is 2.61. The number of rotatable bonds is 2. The zero-order valence-electron chi connectivity index (χ0n) is 8.01. The van der Waals surface area contributed by atoms with E-state index in [4.69, 9.17) is 5.73 Å². The highest BCUT2D eigenvalue weighted by Crippen LogP contribution is 2.15. The summed E-state index contributed by atoms with van der Waals surface area (Å²) in [5, 5.41) is 4.19. The molecule has 0 spiro atoms.